The third kappa shape index (κ3) is 2.91. The second kappa shape index (κ2) is 5.04. The fraction of sp³-hybridized carbons (Fsp3) is 0.100. The van der Waals surface area contributed by atoms with E-state index >= 15 is 0 Å². The Hall–Kier alpha value is -1.81. The molecule has 0 aliphatic heterocycles. The van der Waals surface area contributed by atoms with E-state index < -0.39 is 0 Å². The first-order chi connectivity index (χ1) is 6.76. The third-order valence-electron chi connectivity index (χ3n) is 1.66. The molecule has 1 aromatic rings. The topological polar surface area (TPSA) is 64.3 Å². The predicted molar refractivity (Wildman–Crippen MR) is 54.4 cm³/mol. The van der Waals surface area contributed by atoms with Gasteiger partial charge in [-0.2, -0.15) is 0 Å². The van der Waals surface area contributed by atoms with E-state index in [1.54, 1.807) is 13.2 Å². The Kier molecular flexibility index (Phi) is 3.69. The Bertz CT molecular complexity index is 348. The van der Waals surface area contributed by atoms with Crippen molar-refractivity contribution in [3.05, 3.63) is 35.9 Å². The van der Waals surface area contributed by atoms with Crippen molar-refractivity contribution in [2.75, 3.05) is 7.11 Å². The molecule has 14 heavy (non-hydrogen) atoms. The molecule has 4 heteroatoms. The van der Waals surface area contributed by atoms with Gasteiger partial charge in [-0.3, -0.25) is 10.2 Å². The zero-order valence-corrected chi connectivity index (χ0v) is 7.86. The summed E-state index contributed by atoms with van der Waals surface area (Å²) < 4.78 is 5.03. The molecule has 0 atom stereocenters. The van der Waals surface area contributed by atoms with Crippen LogP contribution in [0.25, 0.3) is 6.08 Å². The number of nitrogens with two attached hydrogens (primary N) is 1. The number of nitrogens with one attached hydrogen (secondary N) is 1. The Morgan fingerprint density at radius 1 is 1.57 bits per heavy atom. The molecule has 0 unspecified atom stereocenters. The van der Waals surface area contributed by atoms with Crippen LogP contribution < -0.4 is 16.0 Å². The lowest BCUT2D eigenvalue weighted by Gasteiger charge is -1.99. The summed E-state index contributed by atoms with van der Waals surface area (Å²) in [6.07, 6.45) is 3.01. The van der Waals surface area contributed by atoms with E-state index in [9.17, 15) is 4.79 Å². The molecule has 74 valence electrons. The van der Waals surface area contributed by atoms with Crippen LogP contribution in [0.1, 0.15) is 5.56 Å². The third-order valence-corrected chi connectivity index (χ3v) is 1.66. The van der Waals surface area contributed by atoms with Gasteiger partial charge in [-0.25, -0.2) is 5.84 Å². The Morgan fingerprint density at radius 2 is 2.36 bits per heavy atom. The van der Waals surface area contributed by atoms with Gasteiger partial charge in [-0.05, 0) is 23.8 Å². The van der Waals surface area contributed by atoms with Gasteiger partial charge in [0.1, 0.15) is 5.75 Å². The van der Waals surface area contributed by atoms with Crippen LogP contribution in [-0.2, 0) is 4.79 Å². The van der Waals surface area contributed by atoms with Gasteiger partial charge < -0.3 is 4.74 Å². The van der Waals surface area contributed by atoms with Crippen molar-refractivity contribution >= 4 is 12.0 Å². The molecule has 0 aliphatic carbocycles. The van der Waals surface area contributed by atoms with Crippen molar-refractivity contribution in [1.29, 1.82) is 0 Å². The molecule has 0 heterocycles. The lowest BCUT2D eigenvalue weighted by atomic mass is 10.2. The SMILES string of the molecule is COc1cccc(C=CC(=O)NN)c1. The van der Waals surface area contributed by atoms with Crippen LogP contribution in [-0.4, -0.2) is 13.0 Å². The summed E-state index contributed by atoms with van der Waals surface area (Å²) in [5.41, 5.74) is 2.89. The average Bonchev–Trinajstić information content (AvgIpc) is 2.26. The van der Waals surface area contributed by atoms with E-state index in [2.05, 4.69) is 0 Å². The quantitative estimate of drug-likeness (QED) is 0.320. The number of carbonyl (C=O) groups is 1. The molecule has 1 aromatic carbocycles. The average molecular weight is 192 g/mol. The number of benzene rings is 1. The molecular weight excluding hydrogens is 180 g/mol. The smallest absolute Gasteiger partial charge is 0.257 e. The van der Waals surface area contributed by atoms with Crippen LogP contribution in [0.15, 0.2) is 30.3 Å². The highest BCUT2D eigenvalue weighted by Crippen LogP contribution is 2.13. The zero-order chi connectivity index (χ0) is 10.4. The van der Waals surface area contributed by atoms with E-state index in [1.165, 1.54) is 6.08 Å². The van der Waals surface area contributed by atoms with Crippen molar-refractivity contribution in [3.8, 4) is 5.75 Å². The van der Waals surface area contributed by atoms with Gasteiger partial charge in [0.05, 0.1) is 7.11 Å². The van der Waals surface area contributed by atoms with Gasteiger partial charge in [-0.1, -0.05) is 12.1 Å². The van der Waals surface area contributed by atoms with Gasteiger partial charge in [0.15, 0.2) is 0 Å². The molecule has 0 radical (unpaired) electrons. The summed E-state index contributed by atoms with van der Waals surface area (Å²) in [5.74, 6) is 5.33. The number of carbonyl (C=O) groups excluding carboxylic acids is 1. The number of rotatable bonds is 3. The van der Waals surface area contributed by atoms with Crippen molar-refractivity contribution in [1.82, 2.24) is 5.43 Å². The number of methoxy groups -OCH3 is 1. The van der Waals surface area contributed by atoms with Crippen LogP contribution in [0, 0.1) is 0 Å². The highest BCUT2D eigenvalue weighted by Gasteiger charge is 1.93. The minimum Gasteiger partial charge on any atom is -0.497 e. The summed E-state index contributed by atoms with van der Waals surface area (Å²) >= 11 is 0. The second-order valence-corrected chi connectivity index (χ2v) is 2.62. The second-order valence-electron chi connectivity index (χ2n) is 2.62. The maximum Gasteiger partial charge on any atom is 0.257 e. The molecule has 1 rings (SSSR count). The van der Waals surface area contributed by atoms with Crippen LogP contribution in [0.2, 0.25) is 0 Å². The molecule has 0 aliphatic rings. The summed E-state index contributed by atoms with van der Waals surface area (Å²) in [4.78, 5) is 10.8. The van der Waals surface area contributed by atoms with Crippen LogP contribution in [0.4, 0.5) is 0 Å². The van der Waals surface area contributed by atoms with Gasteiger partial charge in [-0.15, -0.1) is 0 Å². The molecule has 3 N–H and O–H groups in total. The summed E-state index contributed by atoms with van der Waals surface area (Å²) in [6.45, 7) is 0. The maximum atomic E-state index is 10.8. The molecule has 4 nitrogen and oxygen atoms in total. The first kappa shape index (κ1) is 10.3. The standard InChI is InChI=1S/C10H12N2O2/c1-14-9-4-2-3-8(7-9)5-6-10(13)12-11/h2-7H,11H2,1H3,(H,12,13). The minimum absolute atomic E-state index is 0.340. The van der Waals surface area contributed by atoms with Crippen LogP contribution in [0.3, 0.4) is 0 Å². The first-order valence-corrected chi connectivity index (χ1v) is 4.09. The number of amides is 1. The molecule has 0 saturated heterocycles. The molecule has 0 fully saturated rings. The number of hydrogen-bond acceptors (Lipinski definition) is 3. The van der Waals surface area contributed by atoms with Gasteiger partial charge >= 0.3 is 0 Å². The fourth-order valence-corrected chi connectivity index (χ4v) is 0.965. The summed E-state index contributed by atoms with van der Waals surface area (Å²) in [7, 11) is 1.59. The van der Waals surface area contributed by atoms with E-state index in [0.717, 1.165) is 11.3 Å². The van der Waals surface area contributed by atoms with Crippen molar-refractivity contribution in [2.45, 2.75) is 0 Å². The molecular formula is C10H12N2O2. The number of ether oxygens (including phenoxy) is 1. The minimum atomic E-state index is -0.340. The maximum absolute atomic E-state index is 10.8. The van der Waals surface area contributed by atoms with Gasteiger partial charge in [0, 0.05) is 6.08 Å². The van der Waals surface area contributed by atoms with E-state index in [1.807, 2.05) is 29.7 Å². The Balaban J connectivity index is 2.76. The molecule has 0 aromatic heterocycles. The van der Waals surface area contributed by atoms with Gasteiger partial charge in [0.2, 0.25) is 0 Å². The monoisotopic (exact) mass is 192 g/mol. The number of hydrazine groups is 1. The lowest BCUT2D eigenvalue weighted by molar-refractivity contribution is -0.116. The summed E-state index contributed by atoms with van der Waals surface area (Å²) in [5, 5.41) is 0. The van der Waals surface area contributed by atoms with Crippen LogP contribution >= 0.6 is 0 Å². The van der Waals surface area contributed by atoms with Crippen molar-refractivity contribution in [2.24, 2.45) is 5.84 Å². The molecule has 0 saturated carbocycles. The first-order valence-electron chi connectivity index (χ1n) is 4.09. The predicted octanol–water partition coefficient (Wildman–Crippen LogP) is 0.698. The van der Waals surface area contributed by atoms with E-state index in [0.29, 0.717) is 0 Å². The summed E-state index contributed by atoms with van der Waals surface area (Å²) in [6, 6.07) is 7.36. The highest BCUT2D eigenvalue weighted by atomic mass is 16.5. The van der Waals surface area contributed by atoms with E-state index in [-0.39, 0.29) is 5.91 Å². The van der Waals surface area contributed by atoms with Gasteiger partial charge in [0.25, 0.3) is 5.91 Å². The zero-order valence-electron chi connectivity index (χ0n) is 7.86. The molecule has 1 amide bonds. The van der Waals surface area contributed by atoms with Crippen molar-refractivity contribution < 1.29 is 9.53 Å². The Morgan fingerprint density at radius 3 is 3.00 bits per heavy atom. The van der Waals surface area contributed by atoms with E-state index in [4.69, 9.17) is 10.6 Å². The molecule has 0 bridgehead atoms. The number of hydrogen-bond donors (Lipinski definition) is 2. The normalized spacial score (nSPS) is 10.1. The lowest BCUT2D eigenvalue weighted by Crippen LogP contribution is -2.27. The largest absolute Gasteiger partial charge is 0.497 e. The van der Waals surface area contributed by atoms with Crippen LogP contribution in [0.5, 0.6) is 5.75 Å². The Labute approximate surface area is 82.3 Å². The fourth-order valence-electron chi connectivity index (χ4n) is 0.965. The highest BCUT2D eigenvalue weighted by molar-refractivity contribution is 5.91. The molecule has 0 spiro atoms. The van der Waals surface area contributed by atoms with Crippen molar-refractivity contribution in [3.63, 3.8) is 0 Å².